The maximum atomic E-state index is 5.86. The van der Waals surface area contributed by atoms with Gasteiger partial charge in [0.2, 0.25) is 5.89 Å². The first-order valence-electron chi connectivity index (χ1n) is 4.18. The number of hydrogen-bond donors (Lipinski definition) is 1. The molecule has 1 aromatic carbocycles. The van der Waals surface area contributed by atoms with Crippen LogP contribution in [-0.2, 0) is 0 Å². The zero-order valence-electron chi connectivity index (χ0n) is 7.90. The third-order valence-corrected chi connectivity index (χ3v) is 3.28. The second kappa shape index (κ2) is 4.40. The van der Waals surface area contributed by atoms with Gasteiger partial charge in [-0.25, -0.2) is 0 Å². The van der Waals surface area contributed by atoms with E-state index in [1.54, 1.807) is 6.92 Å². The summed E-state index contributed by atoms with van der Waals surface area (Å²) in [5.41, 5.74) is 6.59. The summed E-state index contributed by atoms with van der Waals surface area (Å²) >= 11 is 3.59. The molecule has 2 aromatic rings. The van der Waals surface area contributed by atoms with Crippen molar-refractivity contribution in [2.45, 2.75) is 17.0 Å². The van der Waals surface area contributed by atoms with Gasteiger partial charge < -0.3 is 10.2 Å². The second-order valence-electron chi connectivity index (χ2n) is 2.87. The van der Waals surface area contributed by atoms with Crippen molar-refractivity contribution in [1.29, 1.82) is 0 Å². The third kappa shape index (κ3) is 2.63. The highest BCUT2D eigenvalue weighted by atomic mass is 127. The lowest BCUT2D eigenvalue weighted by molar-refractivity contribution is 0.429. The highest BCUT2D eigenvalue weighted by Crippen LogP contribution is 2.31. The smallest absolute Gasteiger partial charge is 0.281 e. The number of halogens is 1. The van der Waals surface area contributed by atoms with Crippen molar-refractivity contribution in [3.8, 4) is 0 Å². The van der Waals surface area contributed by atoms with Gasteiger partial charge in [-0.15, -0.1) is 10.2 Å². The number of hydrogen-bond acceptors (Lipinski definition) is 5. The van der Waals surface area contributed by atoms with E-state index in [1.165, 1.54) is 11.8 Å². The van der Waals surface area contributed by atoms with Gasteiger partial charge in [-0.3, -0.25) is 0 Å². The van der Waals surface area contributed by atoms with Crippen molar-refractivity contribution >= 4 is 40.0 Å². The van der Waals surface area contributed by atoms with Crippen molar-refractivity contribution in [1.82, 2.24) is 10.2 Å². The van der Waals surface area contributed by atoms with E-state index in [0.29, 0.717) is 11.1 Å². The minimum atomic E-state index is 0.514. The molecule has 0 aliphatic rings. The zero-order chi connectivity index (χ0) is 10.8. The van der Waals surface area contributed by atoms with Crippen LogP contribution in [0.2, 0.25) is 0 Å². The second-order valence-corrected chi connectivity index (χ2v) is 5.11. The Morgan fingerprint density at radius 2 is 2.20 bits per heavy atom. The number of aromatic nitrogens is 2. The molecule has 0 bridgehead atoms. The van der Waals surface area contributed by atoms with Crippen LogP contribution in [0.4, 0.5) is 5.69 Å². The lowest BCUT2D eigenvalue weighted by Gasteiger charge is -2.01. The van der Waals surface area contributed by atoms with Crippen LogP contribution in [0.25, 0.3) is 0 Å². The standard InChI is InChI=1S/C9H8IN3OS/c1-5-12-13-9(14-5)15-8-3-2-6(10)4-7(8)11/h2-4H,11H2,1H3. The molecule has 2 rings (SSSR count). The van der Waals surface area contributed by atoms with E-state index in [2.05, 4.69) is 32.8 Å². The molecular weight excluding hydrogens is 325 g/mol. The van der Waals surface area contributed by atoms with Crippen LogP contribution in [0.5, 0.6) is 0 Å². The van der Waals surface area contributed by atoms with Gasteiger partial charge in [0.1, 0.15) is 0 Å². The first-order chi connectivity index (χ1) is 7.15. The minimum absolute atomic E-state index is 0.514. The number of nitrogens with two attached hydrogens (primary N) is 1. The van der Waals surface area contributed by atoms with Crippen molar-refractivity contribution in [2.24, 2.45) is 0 Å². The van der Waals surface area contributed by atoms with E-state index in [1.807, 2.05) is 18.2 Å². The van der Waals surface area contributed by atoms with Crippen LogP contribution >= 0.6 is 34.4 Å². The monoisotopic (exact) mass is 333 g/mol. The van der Waals surface area contributed by atoms with Gasteiger partial charge in [0.05, 0.1) is 0 Å². The van der Waals surface area contributed by atoms with Gasteiger partial charge in [0.15, 0.2) is 0 Å². The normalized spacial score (nSPS) is 10.5. The van der Waals surface area contributed by atoms with Gasteiger partial charge in [-0.2, -0.15) is 0 Å². The fourth-order valence-corrected chi connectivity index (χ4v) is 2.29. The Hall–Kier alpha value is -0.760. The molecule has 1 aromatic heterocycles. The highest BCUT2D eigenvalue weighted by molar-refractivity contribution is 14.1. The Morgan fingerprint density at radius 3 is 2.80 bits per heavy atom. The van der Waals surface area contributed by atoms with E-state index in [9.17, 15) is 0 Å². The summed E-state index contributed by atoms with van der Waals surface area (Å²) in [6.07, 6.45) is 0. The minimum Gasteiger partial charge on any atom is -0.416 e. The number of benzene rings is 1. The summed E-state index contributed by atoms with van der Waals surface area (Å²) in [6, 6.07) is 5.84. The van der Waals surface area contributed by atoms with E-state index >= 15 is 0 Å². The van der Waals surface area contributed by atoms with Crippen LogP contribution < -0.4 is 5.73 Å². The molecular formula is C9H8IN3OS. The van der Waals surface area contributed by atoms with Gasteiger partial charge in [0.25, 0.3) is 5.22 Å². The van der Waals surface area contributed by atoms with Crippen molar-refractivity contribution < 1.29 is 4.42 Å². The highest BCUT2D eigenvalue weighted by Gasteiger charge is 2.07. The summed E-state index contributed by atoms with van der Waals surface area (Å²) in [6.45, 7) is 1.76. The molecule has 0 spiro atoms. The molecule has 6 heteroatoms. The van der Waals surface area contributed by atoms with Gasteiger partial charge in [-0.05, 0) is 52.6 Å². The number of nitrogens with zero attached hydrogens (tertiary/aromatic N) is 2. The topological polar surface area (TPSA) is 64.9 Å². The van der Waals surface area contributed by atoms with Gasteiger partial charge >= 0.3 is 0 Å². The molecule has 78 valence electrons. The Kier molecular flexibility index (Phi) is 3.15. The van der Waals surface area contributed by atoms with Gasteiger partial charge in [-0.1, -0.05) is 0 Å². The largest absolute Gasteiger partial charge is 0.416 e. The van der Waals surface area contributed by atoms with Crippen molar-refractivity contribution in [3.63, 3.8) is 0 Å². The Morgan fingerprint density at radius 1 is 1.40 bits per heavy atom. The molecule has 0 radical (unpaired) electrons. The molecule has 4 nitrogen and oxygen atoms in total. The molecule has 0 aliphatic carbocycles. The third-order valence-electron chi connectivity index (χ3n) is 1.68. The SMILES string of the molecule is Cc1nnc(Sc2ccc(I)cc2N)o1. The van der Waals surface area contributed by atoms with Crippen LogP contribution in [0.15, 0.2) is 32.7 Å². The predicted molar refractivity (Wildman–Crippen MR) is 66.7 cm³/mol. The average molecular weight is 333 g/mol. The lowest BCUT2D eigenvalue weighted by atomic mass is 10.3. The number of aryl methyl sites for hydroxylation is 1. The number of rotatable bonds is 2. The van der Waals surface area contributed by atoms with Crippen LogP contribution in [0.3, 0.4) is 0 Å². The maximum absolute atomic E-state index is 5.86. The molecule has 2 N–H and O–H groups in total. The maximum Gasteiger partial charge on any atom is 0.281 e. The number of nitrogen functional groups attached to an aromatic ring is 1. The molecule has 0 atom stereocenters. The molecule has 1 heterocycles. The zero-order valence-corrected chi connectivity index (χ0v) is 10.9. The van der Waals surface area contributed by atoms with E-state index < -0.39 is 0 Å². The average Bonchev–Trinajstić information content (AvgIpc) is 2.56. The summed E-state index contributed by atoms with van der Waals surface area (Å²) in [4.78, 5) is 0.930. The van der Waals surface area contributed by atoms with Crippen LogP contribution in [0.1, 0.15) is 5.89 Å². The lowest BCUT2D eigenvalue weighted by Crippen LogP contribution is -1.89. The van der Waals surface area contributed by atoms with E-state index in [0.717, 1.165) is 14.2 Å². The first-order valence-corrected chi connectivity index (χ1v) is 6.07. The number of anilines is 1. The molecule has 0 fully saturated rings. The molecule has 0 saturated carbocycles. The van der Waals surface area contributed by atoms with E-state index in [-0.39, 0.29) is 0 Å². The molecule has 0 saturated heterocycles. The summed E-state index contributed by atoms with van der Waals surface area (Å²) in [7, 11) is 0. The van der Waals surface area contributed by atoms with Crippen molar-refractivity contribution in [2.75, 3.05) is 5.73 Å². The van der Waals surface area contributed by atoms with Gasteiger partial charge in [0, 0.05) is 21.1 Å². The fraction of sp³-hybridized carbons (Fsp3) is 0.111. The molecule has 0 unspecified atom stereocenters. The van der Waals surface area contributed by atoms with Crippen molar-refractivity contribution in [3.05, 3.63) is 27.7 Å². The summed E-state index contributed by atoms with van der Waals surface area (Å²) in [5, 5.41) is 8.16. The summed E-state index contributed by atoms with van der Waals surface area (Å²) in [5.74, 6) is 0.557. The van der Waals surface area contributed by atoms with Crippen LogP contribution in [-0.4, -0.2) is 10.2 Å². The fourth-order valence-electron chi connectivity index (χ4n) is 1.03. The first kappa shape index (κ1) is 10.7. The predicted octanol–water partition coefficient (Wildman–Crippen LogP) is 2.72. The Balaban J connectivity index is 2.24. The quantitative estimate of drug-likeness (QED) is 0.676. The Labute approximate surface area is 105 Å². The molecule has 0 amide bonds. The molecule has 15 heavy (non-hydrogen) atoms. The summed E-state index contributed by atoms with van der Waals surface area (Å²) < 4.78 is 6.36. The molecule has 0 aliphatic heterocycles. The van der Waals surface area contributed by atoms with Crippen LogP contribution in [0, 0.1) is 10.5 Å². The Bertz CT molecular complexity index is 486. The van der Waals surface area contributed by atoms with E-state index in [4.69, 9.17) is 10.2 Å².